The molecule has 1 aromatic carbocycles. The molecule has 7 nitrogen and oxygen atoms in total. The molecule has 8 heteroatoms. The SMILES string of the molecule is Cc1c(C#N)cnc(C(=O)Nc2ccc(N)c(/C(N)=C3\C=NCS3)c2)c1C. The predicted molar refractivity (Wildman–Crippen MR) is 109 cm³/mol. The van der Waals surface area contributed by atoms with Crippen molar-refractivity contribution in [2.24, 2.45) is 10.7 Å². The van der Waals surface area contributed by atoms with Crippen LogP contribution in [0.3, 0.4) is 0 Å². The van der Waals surface area contributed by atoms with Crippen LogP contribution in [0, 0.1) is 25.2 Å². The number of nitrogens with two attached hydrogens (primary N) is 2. The van der Waals surface area contributed by atoms with E-state index in [-0.39, 0.29) is 11.6 Å². The zero-order chi connectivity index (χ0) is 19.6. The minimum absolute atomic E-state index is 0.273. The Kier molecular flexibility index (Phi) is 5.14. The highest BCUT2D eigenvalue weighted by molar-refractivity contribution is 8.04. The number of thioether (sulfide) groups is 1. The second kappa shape index (κ2) is 7.51. The molecule has 0 unspecified atom stereocenters. The molecule has 0 fully saturated rings. The number of allylic oxidation sites excluding steroid dienone is 1. The van der Waals surface area contributed by atoms with Crippen molar-refractivity contribution in [3.8, 4) is 6.07 Å². The lowest BCUT2D eigenvalue weighted by atomic mass is 10.0. The number of carbonyl (C=O) groups excluding carboxylic acids is 1. The van der Waals surface area contributed by atoms with Gasteiger partial charge in [0.2, 0.25) is 0 Å². The van der Waals surface area contributed by atoms with Crippen LogP contribution in [-0.4, -0.2) is 23.0 Å². The van der Waals surface area contributed by atoms with Crippen LogP contribution in [0.4, 0.5) is 11.4 Å². The summed E-state index contributed by atoms with van der Waals surface area (Å²) in [5.41, 5.74) is 16.6. The van der Waals surface area contributed by atoms with Gasteiger partial charge < -0.3 is 16.8 Å². The fourth-order valence-electron chi connectivity index (χ4n) is 2.65. The lowest BCUT2D eigenvalue weighted by molar-refractivity contribution is 0.102. The molecule has 1 amide bonds. The van der Waals surface area contributed by atoms with Crippen molar-refractivity contribution >= 4 is 41.0 Å². The van der Waals surface area contributed by atoms with Crippen molar-refractivity contribution in [2.45, 2.75) is 13.8 Å². The Bertz CT molecular complexity index is 1040. The summed E-state index contributed by atoms with van der Waals surface area (Å²) in [6.45, 7) is 3.56. The van der Waals surface area contributed by atoms with Gasteiger partial charge in [-0.3, -0.25) is 9.79 Å². The van der Waals surface area contributed by atoms with E-state index >= 15 is 0 Å². The molecule has 1 aliphatic heterocycles. The Balaban J connectivity index is 1.91. The summed E-state index contributed by atoms with van der Waals surface area (Å²) in [5.74, 6) is 0.272. The lowest BCUT2D eigenvalue weighted by Crippen LogP contribution is -2.17. The minimum atomic E-state index is -0.362. The number of amides is 1. The monoisotopic (exact) mass is 378 g/mol. The van der Waals surface area contributed by atoms with Gasteiger partial charge in [0.15, 0.2) is 0 Å². The number of hydrogen-bond donors (Lipinski definition) is 3. The van der Waals surface area contributed by atoms with Gasteiger partial charge in [-0.05, 0) is 43.2 Å². The zero-order valence-corrected chi connectivity index (χ0v) is 15.7. The zero-order valence-electron chi connectivity index (χ0n) is 14.9. The third-order valence-corrected chi connectivity index (χ3v) is 5.26. The molecule has 27 heavy (non-hydrogen) atoms. The largest absolute Gasteiger partial charge is 0.398 e. The Hall–Kier alpha value is -3.31. The van der Waals surface area contributed by atoms with Crippen molar-refractivity contribution in [2.75, 3.05) is 16.9 Å². The van der Waals surface area contributed by atoms with Crippen LogP contribution in [0.25, 0.3) is 5.70 Å². The first-order chi connectivity index (χ1) is 12.9. The highest BCUT2D eigenvalue weighted by atomic mass is 32.2. The molecule has 136 valence electrons. The molecule has 1 aromatic heterocycles. The normalized spacial score (nSPS) is 14.7. The molecule has 0 spiro atoms. The van der Waals surface area contributed by atoms with E-state index in [1.807, 2.05) is 0 Å². The fourth-order valence-corrected chi connectivity index (χ4v) is 3.35. The summed E-state index contributed by atoms with van der Waals surface area (Å²) in [4.78, 5) is 21.8. The van der Waals surface area contributed by atoms with E-state index in [0.29, 0.717) is 39.6 Å². The number of aromatic nitrogens is 1. The topological polar surface area (TPSA) is 130 Å². The first kappa shape index (κ1) is 18.5. The van der Waals surface area contributed by atoms with Gasteiger partial charge in [0.05, 0.1) is 22.0 Å². The van der Waals surface area contributed by atoms with Gasteiger partial charge in [-0.15, -0.1) is 0 Å². The highest BCUT2D eigenvalue weighted by Crippen LogP contribution is 2.30. The van der Waals surface area contributed by atoms with Crippen molar-refractivity contribution in [1.82, 2.24) is 4.98 Å². The maximum absolute atomic E-state index is 12.7. The molecule has 0 radical (unpaired) electrons. The molecular weight excluding hydrogens is 360 g/mol. The maximum Gasteiger partial charge on any atom is 0.274 e. The van der Waals surface area contributed by atoms with E-state index in [1.54, 1.807) is 38.3 Å². The van der Waals surface area contributed by atoms with E-state index < -0.39 is 0 Å². The molecule has 0 atom stereocenters. The molecule has 0 aliphatic carbocycles. The summed E-state index contributed by atoms with van der Waals surface area (Å²) in [6, 6.07) is 7.19. The summed E-state index contributed by atoms with van der Waals surface area (Å²) in [7, 11) is 0. The molecule has 3 rings (SSSR count). The van der Waals surface area contributed by atoms with Crippen LogP contribution in [0.15, 0.2) is 34.3 Å². The van der Waals surface area contributed by atoms with Crippen molar-refractivity contribution < 1.29 is 4.79 Å². The molecule has 0 bridgehead atoms. The van der Waals surface area contributed by atoms with Crippen LogP contribution >= 0.6 is 11.8 Å². The Morgan fingerprint density at radius 1 is 1.33 bits per heavy atom. The average Bonchev–Trinajstić information content (AvgIpc) is 3.19. The molecule has 5 N–H and O–H groups in total. The van der Waals surface area contributed by atoms with Crippen LogP contribution in [-0.2, 0) is 0 Å². The second-order valence-electron chi connectivity index (χ2n) is 6.00. The second-order valence-corrected chi connectivity index (χ2v) is 6.99. The van der Waals surface area contributed by atoms with Crippen LogP contribution in [0.1, 0.15) is 32.7 Å². The third-order valence-electron chi connectivity index (χ3n) is 4.35. The van der Waals surface area contributed by atoms with E-state index in [9.17, 15) is 4.79 Å². The Morgan fingerprint density at radius 3 is 2.78 bits per heavy atom. The van der Waals surface area contributed by atoms with Gasteiger partial charge in [0.25, 0.3) is 5.91 Å². The summed E-state index contributed by atoms with van der Waals surface area (Å²) in [5, 5.41) is 11.9. The van der Waals surface area contributed by atoms with E-state index in [0.717, 1.165) is 10.5 Å². The Morgan fingerprint density at radius 2 is 2.11 bits per heavy atom. The van der Waals surface area contributed by atoms with E-state index in [2.05, 4.69) is 21.4 Å². The van der Waals surface area contributed by atoms with Gasteiger partial charge in [-0.1, -0.05) is 11.8 Å². The highest BCUT2D eigenvalue weighted by Gasteiger charge is 2.16. The van der Waals surface area contributed by atoms with Gasteiger partial charge in [0.1, 0.15) is 11.8 Å². The number of nitrogens with zero attached hydrogens (tertiary/aromatic N) is 3. The predicted octanol–water partition coefficient (Wildman–Crippen LogP) is 2.81. The molecule has 0 saturated heterocycles. The third kappa shape index (κ3) is 3.64. The number of pyridine rings is 1. The van der Waals surface area contributed by atoms with Crippen molar-refractivity contribution in [1.29, 1.82) is 5.26 Å². The molecule has 2 heterocycles. The first-order valence-corrected chi connectivity index (χ1v) is 9.11. The number of nitrogens with one attached hydrogen (secondary N) is 1. The number of nitriles is 1. The van der Waals surface area contributed by atoms with Crippen LogP contribution in [0.5, 0.6) is 0 Å². The number of benzene rings is 1. The minimum Gasteiger partial charge on any atom is -0.398 e. The number of nitrogen functional groups attached to an aromatic ring is 1. The standard InChI is InChI=1S/C19H18N6OS/c1-10-11(2)18(24-7-12(10)6-20)19(26)25-13-3-4-15(21)14(5-13)17(22)16-8-23-9-27-16/h3-5,7-8H,9,21-22H2,1-2H3,(H,25,26)/b17-16-. The number of aliphatic imine (C=N–C) groups is 1. The number of anilines is 2. The summed E-state index contributed by atoms with van der Waals surface area (Å²) < 4.78 is 0. The van der Waals surface area contributed by atoms with Crippen LogP contribution < -0.4 is 16.8 Å². The molecule has 0 saturated carbocycles. The number of rotatable bonds is 3. The van der Waals surface area contributed by atoms with Gasteiger partial charge in [0, 0.05) is 29.3 Å². The van der Waals surface area contributed by atoms with Crippen LogP contribution in [0.2, 0.25) is 0 Å². The van der Waals surface area contributed by atoms with Gasteiger partial charge in [-0.25, -0.2) is 4.98 Å². The molecule has 1 aliphatic rings. The summed E-state index contributed by atoms with van der Waals surface area (Å²) in [6.07, 6.45) is 3.13. The van der Waals surface area contributed by atoms with Gasteiger partial charge >= 0.3 is 0 Å². The lowest BCUT2D eigenvalue weighted by Gasteiger charge is -2.13. The summed E-state index contributed by atoms with van der Waals surface area (Å²) >= 11 is 1.53. The average molecular weight is 378 g/mol. The van der Waals surface area contributed by atoms with Gasteiger partial charge in [-0.2, -0.15) is 5.26 Å². The quantitative estimate of drug-likeness (QED) is 0.704. The smallest absolute Gasteiger partial charge is 0.274 e. The van der Waals surface area contributed by atoms with Crippen molar-refractivity contribution in [3.63, 3.8) is 0 Å². The first-order valence-electron chi connectivity index (χ1n) is 8.12. The molecule has 2 aromatic rings. The molecular formula is C19H18N6OS. The van der Waals surface area contributed by atoms with E-state index in [1.165, 1.54) is 18.0 Å². The van der Waals surface area contributed by atoms with Crippen molar-refractivity contribution in [3.05, 3.63) is 57.2 Å². The maximum atomic E-state index is 12.7. The fraction of sp³-hybridized carbons (Fsp3) is 0.158. The van der Waals surface area contributed by atoms with E-state index in [4.69, 9.17) is 16.7 Å². The number of hydrogen-bond acceptors (Lipinski definition) is 7. The number of carbonyl (C=O) groups is 1. The Labute approximate surface area is 161 Å².